The maximum Gasteiger partial charge on any atom is 0.245 e. The van der Waals surface area contributed by atoms with Crippen molar-refractivity contribution >= 4 is 11.8 Å². The van der Waals surface area contributed by atoms with E-state index in [0.717, 1.165) is 13.0 Å². The summed E-state index contributed by atoms with van der Waals surface area (Å²) in [6.45, 7) is 11.2. The van der Waals surface area contributed by atoms with E-state index in [0.29, 0.717) is 17.8 Å². The lowest BCUT2D eigenvalue weighted by Gasteiger charge is -2.41. The molecule has 4 nitrogen and oxygen atoms in total. The number of amides is 2. The first kappa shape index (κ1) is 14.4. The van der Waals surface area contributed by atoms with Crippen molar-refractivity contribution in [3.05, 3.63) is 0 Å². The molecule has 0 aromatic rings. The van der Waals surface area contributed by atoms with E-state index in [4.69, 9.17) is 0 Å². The van der Waals surface area contributed by atoms with Crippen LogP contribution in [0.1, 0.15) is 47.5 Å². The lowest BCUT2D eigenvalue weighted by molar-refractivity contribution is -0.151. The minimum absolute atomic E-state index is 0.0138. The number of rotatable bonds is 4. The highest BCUT2D eigenvalue weighted by molar-refractivity contribution is 5.97. The van der Waals surface area contributed by atoms with Crippen LogP contribution in [0.4, 0.5) is 0 Å². The summed E-state index contributed by atoms with van der Waals surface area (Å²) in [4.78, 5) is 26.6. The summed E-state index contributed by atoms with van der Waals surface area (Å²) in [5, 5.41) is 2.86. The zero-order valence-electron chi connectivity index (χ0n) is 12.7. The average molecular weight is 266 g/mol. The van der Waals surface area contributed by atoms with Crippen molar-refractivity contribution in [3.63, 3.8) is 0 Å². The molecule has 1 aliphatic carbocycles. The maximum atomic E-state index is 12.5. The van der Waals surface area contributed by atoms with Crippen LogP contribution in [0.15, 0.2) is 0 Å². The fraction of sp³-hybridized carbons (Fsp3) is 0.867. The number of hydrogen-bond acceptors (Lipinski definition) is 2. The highest BCUT2D eigenvalue weighted by Crippen LogP contribution is 2.52. The molecule has 1 N–H and O–H groups in total. The molecule has 0 spiro atoms. The van der Waals surface area contributed by atoms with E-state index in [2.05, 4.69) is 19.2 Å². The Morgan fingerprint density at radius 1 is 1.37 bits per heavy atom. The third kappa shape index (κ3) is 2.63. The molecule has 2 amide bonds. The summed E-state index contributed by atoms with van der Waals surface area (Å²) in [5.41, 5.74) is 0.331. The van der Waals surface area contributed by atoms with Crippen LogP contribution in [0.25, 0.3) is 0 Å². The van der Waals surface area contributed by atoms with Crippen molar-refractivity contribution in [3.8, 4) is 0 Å². The molecule has 19 heavy (non-hydrogen) atoms. The molecule has 0 aromatic heterocycles. The number of carbonyl (C=O) groups is 2. The summed E-state index contributed by atoms with van der Waals surface area (Å²) in [6, 6.07) is -0.629. The Morgan fingerprint density at radius 3 is 2.37 bits per heavy atom. The monoisotopic (exact) mass is 266 g/mol. The van der Waals surface area contributed by atoms with Crippen molar-refractivity contribution in [1.29, 1.82) is 0 Å². The van der Waals surface area contributed by atoms with Crippen LogP contribution in [0.2, 0.25) is 0 Å². The second kappa shape index (κ2) is 4.80. The van der Waals surface area contributed by atoms with Crippen LogP contribution in [0.3, 0.4) is 0 Å². The molecule has 2 fully saturated rings. The van der Waals surface area contributed by atoms with Crippen LogP contribution in [-0.2, 0) is 9.59 Å². The Morgan fingerprint density at radius 2 is 1.95 bits per heavy atom. The summed E-state index contributed by atoms with van der Waals surface area (Å²) < 4.78 is 0. The summed E-state index contributed by atoms with van der Waals surface area (Å²) >= 11 is 0. The second-order valence-corrected chi connectivity index (χ2v) is 7.04. The van der Waals surface area contributed by atoms with Crippen LogP contribution < -0.4 is 5.32 Å². The molecule has 3 unspecified atom stereocenters. The minimum atomic E-state index is -0.329. The van der Waals surface area contributed by atoms with Gasteiger partial charge in [0.1, 0.15) is 12.1 Å². The average Bonchev–Trinajstić information content (AvgIpc) is 2.90. The molecular formula is C15H26N2O2. The molecule has 2 aliphatic rings. The fourth-order valence-electron chi connectivity index (χ4n) is 3.07. The predicted molar refractivity (Wildman–Crippen MR) is 74.4 cm³/mol. The molecule has 108 valence electrons. The van der Waals surface area contributed by atoms with Gasteiger partial charge in [0.25, 0.3) is 0 Å². The lowest BCUT2D eigenvalue weighted by Crippen LogP contribution is -2.65. The molecular weight excluding hydrogens is 240 g/mol. The Kier molecular flexibility index (Phi) is 3.63. The molecule has 1 saturated heterocycles. The smallest absolute Gasteiger partial charge is 0.245 e. The highest BCUT2D eigenvalue weighted by Gasteiger charge is 2.50. The van der Waals surface area contributed by atoms with Gasteiger partial charge in [-0.2, -0.15) is 0 Å². The molecule has 4 heteroatoms. The molecule has 2 rings (SSSR count). The Hall–Kier alpha value is -1.06. The van der Waals surface area contributed by atoms with Crippen LogP contribution in [-0.4, -0.2) is 35.3 Å². The molecule has 0 bridgehead atoms. The van der Waals surface area contributed by atoms with Crippen LogP contribution >= 0.6 is 0 Å². The van der Waals surface area contributed by atoms with Gasteiger partial charge in [-0.1, -0.05) is 34.6 Å². The summed E-state index contributed by atoms with van der Waals surface area (Å²) in [5.74, 6) is 0.813. The summed E-state index contributed by atoms with van der Waals surface area (Å²) in [6.07, 6.45) is 1.82. The van der Waals surface area contributed by atoms with Gasteiger partial charge in [-0.25, -0.2) is 0 Å². The highest BCUT2D eigenvalue weighted by atomic mass is 16.2. The van der Waals surface area contributed by atoms with Gasteiger partial charge in [0.2, 0.25) is 11.8 Å². The third-order valence-electron chi connectivity index (χ3n) is 4.68. The topological polar surface area (TPSA) is 49.4 Å². The first-order valence-corrected chi connectivity index (χ1v) is 7.38. The molecule has 0 radical (unpaired) electrons. The number of piperazine rings is 1. The van der Waals surface area contributed by atoms with Gasteiger partial charge in [0, 0.05) is 6.54 Å². The van der Waals surface area contributed by atoms with Gasteiger partial charge in [0.05, 0.1) is 0 Å². The fourth-order valence-corrected chi connectivity index (χ4v) is 3.07. The second-order valence-electron chi connectivity index (χ2n) is 7.04. The van der Waals surface area contributed by atoms with Gasteiger partial charge >= 0.3 is 0 Å². The van der Waals surface area contributed by atoms with Crippen molar-refractivity contribution in [1.82, 2.24) is 10.2 Å². The molecule has 1 aliphatic heterocycles. The minimum Gasteiger partial charge on any atom is -0.343 e. The van der Waals surface area contributed by atoms with Crippen molar-refractivity contribution < 1.29 is 9.59 Å². The van der Waals surface area contributed by atoms with E-state index >= 15 is 0 Å². The summed E-state index contributed by atoms with van der Waals surface area (Å²) in [7, 11) is 0. The SMILES string of the molecule is CCC1NC(=O)C(C(C)C)N(CC2CC2(C)C)C1=O. The Balaban J connectivity index is 2.17. The lowest BCUT2D eigenvalue weighted by atomic mass is 9.95. The maximum absolute atomic E-state index is 12.5. The van der Waals surface area contributed by atoms with Gasteiger partial charge in [-0.3, -0.25) is 9.59 Å². The van der Waals surface area contributed by atoms with E-state index in [1.807, 2.05) is 25.7 Å². The first-order valence-electron chi connectivity index (χ1n) is 7.38. The van der Waals surface area contributed by atoms with Crippen molar-refractivity contribution in [2.24, 2.45) is 17.3 Å². The molecule has 3 atom stereocenters. The Bertz CT molecular complexity index is 390. The predicted octanol–water partition coefficient (Wildman–Crippen LogP) is 1.79. The number of nitrogens with zero attached hydrogens (tertiary/aromatic N) is 1. The normalized spacial score (nSPS) is 33.6. The van der Waals surface area contributed by atoms with E-state index in [1.165, 1.54) is 0 Å². The van der Waals surface area contributed by atoms with Gasteiger partial charge in [-0.05, 0) is 30.1 Å². The van der Waals surface area contributed by atoms with E-state index < -0.39 is 0 Å². The number of nitrogens with one attached hydrogen (secondary N) is 1. The molecule has 0 aromatic carbocycles. The number of carbonyl (C=O) groups excluding carboxylic acids is 2. The zero-order valence-corrected chi connectivity index (χ0v) is 12.7. The first-order chi connectivity index (χ1) is 8.77. The third-order valence-corrected chi connectivity index (χ3v) is 4.68. The van der Waals surface area contributed by atoms with Gasteiger partial charge in [-0.15, -0.1) is 0 Å². The van der Waals surface area contributed by atoms with Crippen molar-refractivity contribution in [2.75, 3.05) is 6.54 Å². The van der Waals surface area contributed by atoms with Gasteiger partial charge < -0.3 is 10.2 Å². The zero-order chi connectivity index (χ0) is 14.4. The van der Waals surface area contributed by atoms with Gasteiger partial charge in [0.15, 0.2) is 0 Å². The Labute approximate surface area is 115 Å². The largest absolute Gasteiger partial charge is 0.343 e. The standard InChI is InChI=1S/C15H26N2O2/c1-6-11-14(19)17(8-10-7-15(10,4)5)12(9(2)3)13(18)16-11/h9-12H,6-8H2,1-5H3,(H,16,18). The molecule has 1 saturated carbocycles. The van der Waals surface area contributed by atoms with Crippen molar-refractivity contribution in [2.45, 2.75) is 59.5 Å². The quantitative estimate of drug-likeness (QED) is 0.843. The van der Waals surface area contributed by atoms with E-state index in [9.17, 15) is 9.59 Å². The van der Waals surface area contributed by atoms with Crippen LogP contribution in [0, 0.1) is 17.3 Å². The molecule has 1 heterocycles. The number of hydrogen-bond donors (Lipinski definition) is 1. The van der Waals surface area contributed by atoms with E-state index in [1.54, 1.807) is 0 Å². The van der Waals surface area contributed by atoms with E-state index in [-0.39, 0.29) is 29.8 Å². The van der Waals surface area contributed by atoms with Crippen LogP contribution in [0.5, 0.6) is 0 Å².